The molecule has 1 aliphatic rings. The third kappa shape index (κ3) is 16.5. The van der Waals surface area contributed by atoms with Crippen LogP contribution in [-0.4, -0.2) is 59.0 Å². The average molecular weight is 1760 g/mol. The summed E-state index contributed by atoms with van der Waals surface area (Å²) >= 11 is 0. The second-order valence-corrected chi connectivity index (χ2v) is 34.6. The first-order valence-corrected chi connectivity index (χ1v) is 46.1. The smallest absolute Gasteiger partial charge is 0.164 e. The molecule has 0 bridgehead atoms. The number of hydrogen-bond acceptors (Lipinski definition) is 10. The van der Waals surface area contributed by atoms with E-state index in [1.54, 1.807) is 0 Å². The van der Waals surface area contributed by atoms with Gasteiger partial charge in [0.15, 0.2) is 52.4 Å². The van der Waals surface area contributed by atoms with Crippen molar-refractivity contribution in [1.29, 1.82) is 0 Å². The highest BCUT2D eigenvalue weighted by Gasteiger charge is 2.37. The molecule has 137 heavy (non-hydrogen) atoms. The van der Waals surface area contributed by atoms with Gasteiger partial charge in [-0.2, -0.15) is 0 Å². The number of nitrogens with zero attached hydrogens (tertiary/aromatic N) is 12. The van der Waals surface area contributed by atoms with E-state index in [1.807, 2.05) is 194 Å². The maximum Gasteiger partial charge on any atom is 0.164 e. The first-order chi connectivity index (χ1) is 67.7. The molecular formula is C125H86N12. The van der Waals surface area contributed by atoms with Crippen LogP contribution in [0.5, 0.6) is 0 Å². The minimum atomic E-state index is -0.0793. The predicted molar refractivity (Wildman–Crippen MR) is 560 cm³/mol. The van der Waals surface area contributed by atoms with Crippen LogP contribution in [0, 0.1) is 0 Å². The van der Waals surface area contributed by atoms with Gasteiger partial charge >= 0.3 is 0 Å². The van der Waals surface area contributed by atoms with E-state index in [4.69, 9.17) is 49.8 Å². The molecule has 0 radical (unpaired) electrons. The molecular weight excluding hydrogens is 1670 g/mol. The molecule has 24 aromatic rings. The van der Waals surface area contributed by atoms with Crippen molar-refractivity contribution in [2.75, 3.05) is 0 Å². The monoisotopic (exact) mass is 1750 g/mol. The molecule has 0 amide bonds. The van der Waals surface area contributed by atoms with Crippen LogP contribution in [0.2, 0.25) is 0 Å². The maximum absolute atomic E-state index is 5.04. The Morgan fingerprint density at radius 3 is 0.978 bits per heavy atom. The number of benzene rings is 19. The second kappa shape index (κ2) is 36.5. The molecule has 646 valence electrons. The van der Waals surface area contributed by atoms with Crippen molar-refractivity contribution in [1.82, 2.24) is 59.0 Å². The van der Waals surface area contributed by atoms with Gasteiger partial charge in [-0.05, 0) is 162 Å². The normalized spacial score (nSPS) is 11.8. The van der Waals surface area contributed by atoms with Crippen molar-refractivity contribution < 1.29 is 0 Å². The third-order valence-corrected chi connectivity index (χ3v) is 25.6. The molecule has 0 saturated carbocycles. The van der Waals surface area contributed by atoms with Gasteiger partial charge in [-0.3, -0.25) is 4.57 Å². The Balaban J connectivity index is 0.000000116. The minimum absolute atomic E-state index is 0.0793. The molecule has 0 atom stereocenters. The van der Waals surface area contributed by atoms with Crippen molar-refractivity contribution in [3.8, 4) is 181 Å². The zero-order valence-electron chi connectivity index (χ0n) is 75.1. The molecule has 5 aromatic heterocycles. The molecule has 19 aromatic carbocycles. The van der Waals surface area contributed by atoms with E-state index in [0.717, 1.165) is 117 Å². The number of imidazole rings is 1. The molecule has 0 aliphatic heterocycles. The van der Waals surface area contributed by atoms with Crippen molar-refractivity contribution >= 4 is 43.6 Å². The Labute approximate surface area is 793 Å². The maximum atomic E-state index is 5.04. The van der Waals surface area contributed by atoms with E-state index < -0.39 is 0 Å². The molecule has 12 nitrogen and oxygen atoms in total. The highest BCUT2D eigenvalue weighted by Crippen LogP contribution is 2.53. The van der Waals surface area contributed by atoms with Crippen LogP contribution in [0.3, 0.4) is 0 Å². The van der Waals surface area contributed by atoms with Crippen LogP contribution in [0.15, 0.2) is 485 Å². The number of aromatic nitrogens is 12. The van der Waals surface area contributed by atoms with Crippen molar-refractivity contribution in [3.05, 3.63) is 496 Å². The van der Waals surface area contributed by atoms with Crippen LogP contribution < -0.4 is 0 Å². The van der Waals surface area contributed by atoms with Gasteiger partial charge in [-0.15, -0.1) is 0 Å². The summed E-state index contributed by atoms with van der Waals surface area (Å²) < 4.78 is 4.58. The van der Waals surface area contributed by atoms with E-state index in [0.29, 0.717) is 52.4 Å². The Bertz CT molecular complexity index is 8400. The highest BCUT2D eigenvalue weighted by molar-refractivity contribution is 6.21. The van der Waals surface area contributed by atoms with Gasteiger partial charge in [-0.25, -0.2) is 49.8 Å². The molecule has 0 N–H and O–H groups in total. The molecule has 1 aliphatic carbocycles. The van der Waals surface area contributed by atoms with Crippen LogP contribution in [0.25, 0.3) is 224 Å². The second-order valence-electron chi connectivity index (χ2n) is 34.6. The lowest BCUT2D eigenvalue weighted by Crippen LogP contribution is -2.16. The predicted octanol–water partition coefficient (Wildman–Crippen LogP) is 30.8. The van der Waals surface area contributed by atoms with Gasteiger partial charge < -0.3 is 4.57 Å². The fourth-order valence-electron chi connectivity index (χ4n) is 19.0. The number of fused-ring (bicyclic) bond motifs is 9. The molecule has 5 heterocycles. The number of rotatable bonds is 16. The molecule has 0 unspecified atom stereocenters. The topological polar surface area (TPSA) is 139 Å². The summed E-state index contributed by atoms with van der Waals surface area (Å²) in [6.45, 7) is 4.69. The fourth-order valence-corrected chi connectivity index (χ4v) is 19.0. The van der Waals surface area contributed by atoms with Gasteiger partial charge in [0.1, 0.15) is 5.82 Å². The van der Waals surface area contributed by atoms with E-state index in [2.05, 4.69) is 314 Å². The first-order valence-electron chi connectivity index (χ1n) is 46.1. The van der Waals surface area contributed by atoms with Gasteiger partial charge in [0.25, 0.3) is 0 Å². The average Bonchev–Trinajstić information content (AvgIpc) is 1.57. The van der Waals surface area contributed by atoms with E-state index in [9.17, 15) is 0 Å². The molecule has 25 rings (SSSR count). The summed E-state index contributed by atoms with van der Waals surface area (Å²) in [7, 11) is 0. The van der Waals surface area contributed by atoms with E-state index in [1.165, 1.54) is 66.0 Å². The zero-order chi connectivity index (χ0) is 91.5. The Hall–Kier alpha value is -18.3. The number of hydrogen-bond donors (Lipinski definition) is 0. The van der Waals surface area contributed by atoms with Crippen LogP contribution in [0.4, 0.5) is 0 Å². The quantitative estimate of drug-likeness (QED) is 0.0919. The summed E-state index contributed by atoms with van der Waals surface area (Å²) in [6, 6.07) is 168. The van der Waals surface area contributed by atoms with Crippen LogP contribution in [0.1, 0.15) is 25.0 Å². The van der Waals surface area contributed by atoms with E-state index >= 15 is 0 Å². The Morgan fingerprint density at radius 2 is 0.496 bits per heavy atom. The lowest BCUT2D eigenvalue weighted by atomic mass is 9.78. The molecule has 0 spiro atoms. The lowest BCUT2D eigenvalue weighted by molar-refractivity contribution is 0.662. The Kier molecular flexibility index (Phi) is 22.1. The Morgan fingerprint density at radius 1 is 0.182 bits per heavy atom. The SMILES string of the molecule is CC1(C)c2ccccc2-c2cccc(-c3cccc(-c4cccc(-c5nc(-c6ccccc6)nc(-c6ccccc6)n5)c4)c3)c21.c1ccc(-c2nc(-c3ccccc3)nc(-c3ccc(-n4c5ccccc5c5c6ccccc6ccc54)cc3)n2)cc1.c1ccc(-c2nc(-c3ccccc3)nc(-c3cccc(-c4cccc(-c5ccc(-c6nc7ccccc7n6-c6ccccc6)cc5)c4)c3)n2)cc1. The zero-order valence-corrected chi connectivity index (χ0v) is 75.1. The van der Waals surface area contributed by atoms with Crippen LogP contribution in [-0.2, 0) is 5.41 Å². The van der Waals surface area contributed by atoms with Gasteiger partial charge in [0, 0.05) is 83.2 Å². The van der Waals surface area contributed by atoms with Gasteiger partial charge in [0.05, 0.1) is 22.1 Å². The molecule has 0 saturated heterocycles. The van der Waals surface area contributed by atoms with Gasteiger partial charge in [-0.1, -0.05) is 414 Å². The summed E-state index contributed by atoms with van der Waals surface area (Å²) in [5.41, 5.74) is 30.9. The first kappa shape index (κ1) is 83.1. The van der Waals surface area contributed by atoms with Crippen molar-refractivity contribution in [3.63, 3.8) is 0 Å². The van der Waals surface area contributed by atoms with Gasteiger partial charge in [0.2, 0.25) is 0 Å². The molecule has 12 heteroatoms. The minimum Gasteiger partial charge on any atom is -0.309 e. The highest BCUT2D eigenvalue weighted by atomic mass is 15.1. The number of para-hydroxylation sites is 4. The fraction of sp³-hybridized carbons (Fsp3) is 0.0240. The standard InChI is InChI=1S/C46H31N5.C42H31N3.C37H24N4/c1-4-14-33(15-5-1)43-48-44(34-16-6-2-7-17-34)50-45(49-43)39-21-13-20-38(31-39)37-19-12-18-36(30-37)32-26-28-35(29-27-32)46-47-41-24-10-11-25-42(41)51(46)40-22-8-3-9-23-40;1-42(2)37-25-10-9-22-35(37)36-24-13-23-34(38(36)42)32-20-11-18-30(26-32)31-19-12-21-33(27-31)41-44-39(28-14-5-3-6-15-28)43-40(45-41)29-16-7-4-8-17-29;1-3-12-26(13-4-1)35-38-36(27-14-5-2-6-15-27)40-37(39-35)28-19-22-29(23-20-28)41-32-18-10-9-17-31(32)34-30-16-8-7-11-25(30)21-24-33(34)41/h1-31H;3-27H,1-2H3;1-24H. The summed E-state index contributed by atoms with van der Waals surface area (Å²) in [5, 5.41) is 5.04. The van der Waals surface area contributed by atoms with Crippen LogP contribution >= 0.6 is 0 Å². The summed E-state index contributed by atoms with van der Waals surface area (Å²) in [6.07, 6.45) is 0. The summed E-state index contributed by atoms with van der Waals surface area (Å²) in [5.74, 6) is 6.80. The lowest BCUT2D eigenvalue weighted by Gasteiger charge is -2.24. The van der Waals surface area contributed by atoms with E-state index in [-0.39, 0.29) is 5.41 Å². The van der Waals surface area contributed by atoms with Crippen molar-refractivity contribution in [2.45, 2.75) is 19.3 Å². The molecule has 0 fully saturated rings. The largest absolute Gasteiger partial charge is 0.309 e. The summed E-state index contributed by atoms with van der Waals surface area (Å²) in [4.78, 5) is 49.2. The third-order valence-electron chi connectivity index (χ3n) is 25.6. The van der Waals surface area contributed by atoms with Crippen molar-refractivity contribution in [2.24, 2.45) is 0 Å².